The number of Topliss-reactive ketones (excluding diaryl/α,β-unsaturated/α-hetero) is 1. The quantitative estimate of drug-likeness (QED) is 0.272. The first-order chi connectivity index (χ1) is 16.2. The average Bonchev–Trinajstić information content (AvgIpc) is 3.59. The zero-order chi connectivity index (χ0) is 24.9. The lowest BCUT2D eigenvalue weighted by Gasteiger charge is -2.19. The number of ketones is 1. The Bertz CT molecular complexity index is 1120. The molecule has 2 aromatic rings. The number of hydrogen-bond donors (Lipinski definition) is 2. The molecule has 2 amide bonds. The first kappa shape index (κ1) is 25.8. The first-order valence-electron chi connectivity index (χ1n) is 11.3. The molecule has 0 spiro atoms. The summed E-state index contributed by atoms with van der Waals surface area (Å²) in [5.74, 6) is 0.549. The molecule has 34 heavy (non-hydrogen) atoms. The van der Waals surface area contributed by atoms with Crippen LogP contribution in [0.25, 0.3) is 0 Å². The molecule has 0 aromatic heterocycles. The van der Waals surface area contributed by atoms with Gasteiger partial charge in [0.1, 0.15) is 17.2 Å². The number of carbonyl (C=O) groups excluding carboxylic acids is 3. The van der Waals surface area contributed by atoms with Crippen LogP contribution in [0.3, 0.4) is 0 Å². The Morgan fingerprint density at radius 1 is 1.12 bits per heavy atom. The van der Waals surface area contributed by atoms with Gasteiger partial charge in [0.15, 0.2) is 5.75 Å². The van der Waals surface area contributed by atoms with Crippen LogP contribution in [0, 0.1) is 6.92 Å². The van der Waals surface area contributed by atoms with E-state index in [0.717, 1.165) is 30.4 Å². The summed E-state index contributed by atoms with van der Waals surface area (Å²) < 4.78 is 6.02. The number of benzene rings is 2. The van der Waals surface area contributed by atoms with Crippen LogP contribution >= 0.6 is 23.2 Å². The van der Waals surface area contributed by atoms with Crippen molar-refractivity contribution < 1.29 is 19.1 Å². The second kappa shape index (κ2) is 11.1. The van der Waals surface area contributed by atoms with Crippen LogP contribution in [0.5, 0.6) is 11.5 Å². The lowest BCUT2D eigenvalue weighted by Crippen LogP contribution is -2.24. The largest absolute Gasteiger partial charge is 0.454 e. The van der Waals surface area contributed by atoms with Gasteiger partial charge in [-0.05, 0) is 68.0 Å². The molecule has 180 valence electrons. The number of ether oxygens (including phenoxy) is 1. The Kier molecular flexibility index (Phi) is 8.39. The molecule has 0 saturated heterocycles. The highest BCUT2D eigenvalue weighted by Gasteiger charge is 2.50. The van der Waals surface area contributed by atoms with E-state index in [2.05, 4.69) is 10.6 Å². The topological polar surface area (TPSA) is 84.5 Å². The summed E-state index contributed by atoms with van der Waals surface area (Å²) >= 11 is 12.9. The van der Waals surface area contributed by atoms with Crippen molar-refractivity contribution in [3.8, 4) is 11.5 Å². The second-order valence-electron chi connectivity index (χ2n) is 8.35. The van der Waals surface area contributed by atoms with Crippen molar-refractivity contribution in [3.05, 3.63) is 63.3 Å². The van der Waals surface area contributed by atoms with Gasteiger partial charge in [0, 0.05) is 12.1 Å². The number of allylic oxidation sites excluding steroid dienone is 1. The molecular formula is C26H28Cl2N2O4. The highest BCUT2D eigenvalue weighted by molar-refractivity contribution is 6.37. The minimum atomic E-state index is -0.496. The minimum Gasteiger partial charge on any atom is -0.454 e. The van der Waals surface area contributed by atoms with E-state index in [4.69, 9.17) is 27.9 Å². The summed E-state index contributed by atoms with van der Waals surface area (Å²) in [7, 11) is 0. The van der Waals surface area contributed by atoms with Gasteiger partial charge < -0.3 is 15.4 Å². The number of aryl methyl sites for hydroxylation is 1. The van der Waals surface area contributed by atoms with E-state index in [1.807, 2.05) is 39.0 Å². The normalized spacial score (nSPS) is 14.3. The monoisotopic (exact) mass is 502 g/mol. The summed E-state index contributed by atoms with van der Waals surface area (Å²) in [5, 5.41) is 5.45. The molecule has 0 unspecified atom stereocenters. The smallest absolute Gasteiger partial charge is 0.271 e. The Morgan fingerprint density at radius 3 is 2.35 bits per heavy atom. The Balaban J connectivity index is 1.83. The van der Waals surface area contributed by atoms with E-state index in [1.54, 1.807) is 6.08 Å². The summed E-state index contributed by atoms with van der Waals surface area (Å²) in [5.41, 5.74) is 2.10. The summed E-state index contributed by atoms with van der Waals surface area (Å²) in [6, 6.07) is 8.68. The van der Waals surface area contributed by atoms with E-state index in [9.17, 15) is 14.4 Å². The van der Waals surface area contributed by atoms with Crippen LogP contribution in [0.15, 0.2) is 42.1 Å². The van der Waals surface area contributed by atoms with Crippen LogP contribution in [-0.2, 0) is 19.8 Å². The van der Waals surface area contributed by atoms with Gasteiger partial charge in [-0.3, -0.25) is 14.4 Å². The molecule has 0 aliphatic heterocycles. The van der Waals surface area contributed by atoms with Crippen LogP contribution in [0.2, 0.25) is 10.0 Å². The average molecular weight is 503 g/mol. The van der Waals surface area contributed by atoms with Crippen LogP contribution in [0.1, 0.15) is 57.1 Å². The molecule has 6 nitrogen and oxygen atoms in total. The van der Waals surface area contributed by atoms with E-state index in [0.29, 0.717) is 30.7 Å². The van der Waals surface area contributed by atoms with Gasteiger partial charge in [-0.1, -0.05) is 49.2 Å². The molecule has 0 radical (unpaired) electrons. The molecule has 0 atom stereocenters. The summed E-state index contributed by atoms with van der Waals surface area (Å²) in [6.07, 6.45) is 5.69. The van der Waals surface area contributed by atoms with Crippen LogP contribution in [0.4, 0.5) is 5.69 Å². The number of anilines is 1. The third-order valence-electron chi connectivity index (χ3n) is 5.83. The molecule has 2 N–H and O–H groups in total. The maximum absolute atomic E-state index is 12.8. The number of nitrogens with one attached hydrogen (secondary N) is 2. The van der Waals surface area contributed by atoms with Crippen LogP contribution < -0.4 is 15.4 Å². The van der Waals surface area contributed by atoms with E-state index in [1.165, 1.54) is 12.1 Å². The Labute approximate surface area is 209 Å². The van der Waals surface area contributed by atoms with Crippen molar-refractivity contribution in [2.45, 2.75) is 58.3 Å². The van der Waals surface area contributed by atoms with Gasteiger partial charge in [-0.15, -0.1) is 0 Å². The molecule has 1 fully saturated rings. The third kappa shape index (κ3) is 5.62. The van der Waals surface area contributed by atoms with E-state index in [-0.39, 0.29) is 27.3 Å². The van der Waals surface area contributed by atoms with Crippen molar-refractivity contribution >= 4 is 47.0 Å². The second-order valence-corrected chi connectivity index (χ2v) is 9.16. The molecule has 1 aliphatic carbocycles. The van der Waals surface area contributed by atoms with Gasteiger partial charge in [0.05, 0.1) is 15.5 Å². The SMILES string of the molecule is CC/C=C(/NC=O)C(=O)Nc1cc(Cl)c(Oc2ccc(C)c(C3(C(=O)CCC)CC3)c2)c(Cl)c1. The fourth-order valence-electron chi connectivity index (χ4n) is 4.00. The van der Waals surface area contributed by atoms with Crippen molar-refractivity contribution in [1.82, 2.24) is 5.32 Å². The van der Waals surface area contributed by atoms with Crippen molar-refractivity contribution in [2.75, 3.05) is 5.32 Å². The lowest BCUT2D eigenvalue weighted by molar-refractivity contribution is -0.121. The van der Waals surface area contributed by atoms with Crippen molar-refractivity contribution in [1.29, 1.82) is 0 Å². The highest BCUT2D eigenvalue weighted by atomic mass is 35.5. The molecule has 2 aromatic carbocycles. The Hall–Kier alpha value is -2.83. The Morgan fingerprint density at radius 2 is 1.79 bits per heavy atom. The fraction of sp³-hybridized carbons (Fsp3) is 0.346. The van der Waals surface area contributed by atoms with Crippen molar-refractivity contribution in [3.63, 3.8) is 0 Å². The molecule has 0 bridgehead atoms. The lowest BCUT2D eigenvalue weighted by atomic mass is 9.86. The highest BCUT2D eigenvalue weighted by Crippen LogP contribution is 2.52. The number of rotatable bonds is 11. The van der Waals surface area contributed by atoms with Gasteiger partial charge in [0.25, 0.3) is 5.91 Å². The maximum atomic E-state index is 12.8. The molecule has 3 rings (SSSR count). The summed E-state index contributed by atoms with van der Waals surface area (Å²) in [4.78, 5) is 35.9. The van der Waals surface area contributed by atoms with Gasteiger partial charge >= 0.3 is 0 Å². The number of carbonyl (C=O) groups is 3. The van der Waals surface area contributed by atoms with E-state index < -0.39 is 11.3 Å². The number of halogens is 2. The van der Waals surface area contributed by atoms with E-state index >= 15 is 0 Å². The van der Waals surface area contributed by atoms with Crippen LogP contribution in [-0.4, -0.2) is 18.1 Å². The summed E-state index contributed by atoms with van der Waals surface area (Å²) in [6.45, 7) is 5.85. The minimum absolute atomic E-state index is 0.129. The molecule has 1 aliphatic rings. The molecule has 8 heteroatoms. The fourth-order valence-corrected chi connectivity index (χ4v) is 4.56. The molecule has 0 heterocycles. The predicted octanol–water partition coefficient (Wildman–Crippen LogP) is 6.47. The van der Waals surface area contributed by atoms with Gasteiger partial charge in [0.2, 0.25) is 6.41 Å². The van der Waals surface area contributed by atoms with Gasteiger partial charge in [-0.2, -0.15) is 0 Å². The molecule has 1 saturated carbocycles. The first-order valence-corrected chi connectivity index (χ1v) is 12.0. The number of amides is 2. The molecular weight excluding hydrogens is 475 g/mol. The third-order valence-corrected chi connectivity index (χ3v) is 6.39. The zero-order valence-corrected chi connectivity index (χ0v) is 21.0. The zero-order valence-electron chi connectivity index (χ0n) is 19.5. The number of hydrogen-bond acceptors (Lipinski definition) is 4. The maximum Gasteiger partial charge on any atom is 0.271 e. The van der Waals surface area contributed by atoms with Gasteiger partial charge in [-0.25, -0.2) is 0 Å². The standard InChI is InChI=1S/C26H28Cl2N2O4/c1-4-6-22(29-15-31)25(33)30-17-12-20(27)24(21(28)13-17)34-18-9-8-16(3)19(14-18)26(10-11-26)23(32)7-5-2/h6,8-9,12-15H,4-5,7,10-11H2,1-3H3,(H,29,31)(H,30,33)/b22-6+. The predicted molar refractivity (Wildman–Crippen MR) is 135 cm³/mol. The van der Waals surface area contributed by atoms with Crippen molar-refractivity contribution in [2.24, 2.45) is 0 Å².